The van der Waals surface area contributed by atoms with Crippen LogP contribution in [0.1, 0.15) is 41.2 Å². The molecule has 0 bridgehead atoms. The summed E-state index contributed by atoms with van der Waals surface area (Å²) in [7, 11) is 0. The number of hydrogen-bond donors (Lipinski definition) is 3. The van der Waals surface area contributed by atoms with Crippen molar-refractivity contribution in [3.8, 4) is 0 Å². The lowest BCUT2D eigenvalue weighted by Gasteiger charge is -2.31. The van der Waals surface area contributed by atoms with Crippen LogP contribution in [0.25, 0.3) is 10.9 Å². The number of nitrogens with zero attached hydrogens (tertiary/aromatic N) is 2. The normalized spacial score (nSPS) is 21.7. The largest absolute Gasteiger partial charge is 0.381 e. The topological polar surface area (TPSA) is 88.2 Å². The van der Waals surface area contributed by atoms with Gasteiger partial charge in [0.05, 0.1) is 16.6 Å². The number of fused-ring (bicyclic) bond motifs is 1. The van der Waals surface area contributed by atoms with Gasteiger partial charge in [-0.3, -0.25) is 4.79 Å². The summed E-state index contributed by atoms with van der Waals surface area (Å²) in [6.45, 7) is 1.94. The minimum Gasteiger partial charge on any atom is -0.381 e. The van der Waals surface area contributed by atoms with E-state index < -0.39 is 23.4 Å². The third-order valence-corrected chi connectivity index (χ3v) is 6.90. The summed E-state index contributed by atoms with van der Waals surface area (Å²) < 4.78 is 35.0. The lowest BCUT2D eigenvalue weighted by molar-refractivity contribution is 0.0813. The molecule has 2 aliphatic rings. The first kappa shape index (κ1) is 23.8. The average molecular weight is 502 g/mol. The van der Waals surface area contributed by atoms with E-state index >= 15 is 4.39 Å². The third-order valence-electron chi connectivity index (χ3n) is 6.61. The van der Waals surface area contributed by atoms with Crippen molar-refractivity contribution in [3.05, 3.63) is 64.6 Å². The number of rotatable bonds is 6. The molecule has 1 aromatic heterocycles. The molecule has 35 heavy (non-hydrogen) atoms. The van der Waals surface area contributed by atoms with E-state index in [1.165, 1.54) is 18.2 Å². The Morgan fingerprint density at radius 3 is 2.80 bits per heavy atom. The number of aromatic nitrogens is 2. The van der Waals surface area contributed by atoms with Crippen molar-refractivity contribution < 1.29 is 18.3 Å². The van der Waals surface area contributed by atoms with Gasteiger partial charge in [0.15, 0.2) is 0 Å². The Balaban J connectivity index is 1.40. The van der Waals surface area contributed by atoms with Gasteiger partial charge < -0.3 is 20.7 Å². The monoisotopic (exact) mass is 501 g/mol. The van der Waals surface area contributed by atoms with Crippen LogP contribution in [-0.2, 0) is 4.74 Å². The van der Waals surface area contributed by atoms with Crippen molar-refractivity contribution in [1.82, 2.24) is 20.6 Å². The SMILES string of the molecule is O=C(N[C@H](c1ccc(F)c(Cl)c1)[C@]1(F)CCNC1)c1ccc2cnc(NC3CCOCC3)nc2c1. The third kappa shape index (κ3) is 5.22. The molecule has 2 aromatic carbocycles. The highest BCUT2D eigenvalue weighted by Crippen LogP contribution is 2.36. The van der Waals surface area contributed by atoms with Crippen molar-refractivity contribution in [3.63, 3.8) is 0 Å². The smallest absolute Gasteiger partial charge is 0.251 e. The molecule has 2 saturated heterocycles. The van der Waals surface area contributed by atoms with E-state index in [0.717, 1.165) is 18.2 Å². The van der Waals surface area contributed by atoms with E-state index in [-0.39, 0.29) is 24.0 Å². The van der Waals surface area contributed by atoms with E-state index in [1.54, 1.807) is 24.4 Å². The molecule has 3 aromatic rings. The first-order valence-corrected chi connectivity index (χ1v) is 12.1. The van der Waals surface area contributed by atoms with Crippen LogP contribution in [0.15, 0.2) is 42.6 Å². The zero-order valence-electron chi connectivity index (χ0n) is 19.0. The first-order valence-electron chi connectivity index (χ1n) is 11.7. The summed E-state index contributed by atoms with van der Waals surface area (Å²) in [6, 6.07) is 8.30. The molecule has 0 unspecified atom stereocenters. The summed E-state index contributed by atoms with van der Waals surface area (Å²) in [5.41, 5.74) is -0.402. The van der Waals surface area contributed by atoms with Gasteiger partial charge in [-0.1, -0.05) is 23.7 Å². The Morgan fingerprint density at radius 2 is 2.06 bits per heavy atom. The van der Waals surface area contributed by atoms with Crippen LogP contribution in [0.5, 0.6) is 0 Å². The average Bonchev–Trinajstić information content (AvgIpc) is 3.31. The molecule has 3 N–H and O–H groups in total. The molecule has 0 saturated carbocycles. The van der Waals surface area contributed by atoms with E-state index in [4.69, 9.17) is 16.3 Å². The minimum absolute atomic E-state index is 0.0686. The van der Waals surface area contributed by atoms with Crippen LogP contribution in [0.4, 0.5) is 14.7 Å². The lowest BCUT2D eigenvalue weighted by atomic mass is 9.89. The van der Waals surface area contributed by atoms with Crippen LogP contribution in [-0.4, -0.2) is 53.9 Å². The van der Waals surface area contributed by atoms with Crippen LogP contribution in [0, 0.1) is 5.82 Å². The number of benzene rings is 2. The van der Waals surface area contributed by atoms with Crippen LogP contribution < -0.4 is 16.0 Å². The number of carbonyl (C=O) groups is 1. The summed E-state index contributed by atoms with van der Waals surface area (Å²) in [4.78, 5) is 22.2. The number of carbonyl (C=O) groups excluding carboxylic acids is 1. The second-order valence-electron chi connectivity index (χ2n) is 9.04. The molecule has 184 valence electrons. The van der Waals surface area contributed by atoms with E-state index in [1.807, 2.05) is 0 Å². The molecule has 0 spiro atoms. The fourth-order valence-electron chi connectivity index (χ4n) is 4.60. The maximum atomic E-state index is 15.8. The molecule has 2 fully saturated rings. The number of amides is 1. The molecule has 2 atom stereocenters. The van der Waals surface area contributed by atoms with Crippen LogP contribution in [0.2, 0.25) is 5.02 Å². The van der Waals surface area contributed by atoms with E-state index in [0.29, 0.717) is 42.4 Å². The van der Waals surface area contributed by atoms with Gasteiger partial charge in [-0.15, -0.1) is 0 Å². The van der Waals surface area contributed by atoms with Crippen molar-refractivity contribution in [1.29, 1.82) is 0 Å². The Bertz CT molecular complexity index is 1230. The Hall–Kier alpha value is -2.88. The number of alkyl halides is 1. The second kappa shape index (κ2) is 10.0. The summed E-state index contributed by atoms with van der Waals surface area (Å²) in [6.07, 6.45) is 3.66. The predicted molar refractivity (Wildman–Crippen MR) is 130 cm³/mol. The van der Waals surface area contributed by atoms with Gasteiger partial charge in [-0.25, -0.2) is 18.7 Å². The van der Waals surface area contributed by atoms with Crippen LogP contribution in [0.3, 0.4) is 0 Å². The fourth-order valence-corrected chi connectivity index (χ4v) is 4.79. The van der Waals surface area contributed by atoms with Gasteiger partial charge in [0, 0.05) is 42.9 Å². The maximum absolute atomic E-state index is 15.8. The Labute approximate surface area is 206 Å². The number of nitrogens with one attached hydrogen (secondary N) is 3. The number of ether oxygens (including phenoxy) is 1. The maximum Gasteiger partial charge on any atom is 0.251 e. The van der Waals surface area contributed by atoms with E-state index in [9.17, 15) is 9.18 Å². The second-order valence-corrected chi connectivity index (χ2v) is 9.45. The van der Waals surface area contributed by atoms with Crippen molar-refractivity contribution in [2.75, 3.05) is 31.6 Å². The van der Waals surface area contributed by atoms with Crippen molar-refractivity contribution >= 4 is 34.4 Å². The van der Waals surface area contributed by atoms with Crippen LogP contribution >= 0.6 is 11.6 Å². The zero-order chi connectivity index (χ0) is 24.4. The molecule has 7 nitrogen and oxygen atoms in total. The number of hydrogen-bond acceptors (Lipinski definition) is 6. The highest BCUT2D eigenvalue weighted by molar-refractivity contribution is 6.30. The molecule has 3 heterocycles. The lowest BCUT2D eigenvalue weighted by Crippen LogP contribution is -2.44. The van der Waals surface area contributed by atoms with Crippen molar-refractivity contribution in [2.24, 2.45) is 0 Å². The quantitative estimate of drug-likeness (QED) is 0.469. The van der Waals surface area contributed by atoms with E-state index in [2.05, 4.69) is 25.9 Å². The highest BCUT2D eigenvalue weighted by Gasteiger charge is 2.44. The molecule has 5 rings (SSSR count). The summed E-state index contributed by atoms with van der Waals surface area (Å²) >= 11 is 5.96. The van der Waals surface area contributed by atoms with Gasteiger partial charge >= 0.3 is 0 Å². The molecular weight excluding hydrogens is 476 g/mol. The Kier molecular flexibility index (Phi) is 6.82. The summed E-state index contributed by atoms with van der Waals surface area (Å²) in [5.74, 6) is -0.573. The summed E-state index contributed by atoms with van der Waals surface area (Å²) in [5, 5.41) is 9.80. The standard InChI is InChI=1S/C25H26ClF2N5O2/c26-19-11-15(3-4-20(19)27)22(25(28)7-8-29-14-25)33-23(34)16-1-2-17-13-30-24(32-21(17)12-16)31-18-5-9-35-10-6-18/h1-4,11-13,18,22,29H,5-10,14H2,(H,33,34)(H,30,31,32)/t22-,25+/m1/s1. The molecule has 2 aliphatic heterocycles. The van der Waals surface area contributed by atoms with Gasteiger partial charge in [0.1, 0.15) is 11.5 Å². The van der Waals surface area contributed by atoms with Gasteiger partial charge in [-0.2, -0.15) is 0 Å². The fraction of sp³-hybridized carbons (Fsp3) is 0.400. The minimum atomic E-state index is -1.74. The zero-order valence-corrected chi connectivity index (χ0v) is 19.7. The predicted octanol–water partition coefficient (Wildman–Crippen LogP) is 4.19. The molecule has 0 radical (unpaired) electrons. The van der Waals surface area contributed by atoms with Crippen molar-refractivity contribution in [2.45, 2.75) is 37.0 Å². The van der Waals surface area contributed by atoms with Gasteiger partial charge in [-0.05, 0) is 55.6 Å². The van der Waals surface area contributed by atoms with Gasteiger partial charge in [0.25, 0.3) is 5.91 Å². The molecule has 0 aliphatic carbocycles. The molecule has 10 heteroatoms. The Morgan fingerprint density at radius 1 is 1.23 bits per heavy atom. The number of halogens is 3. The number of anilines is 1. The van der Waals surface area contributed by atoms with Gasteiger partial charge in [0.2, 0.25) is 5.95 Å². The highest BCUT2D eigenvalue weighted by atomic mass is 35.5. The first-order chi connectivity index (χ1) is 16.9. The molecule has 1 amide bonds. The molecular formula is C25H26ClF2N5O2.